The Morgan fingerprint density at radius 2 is 1.95 bits per heavy atom. The first kappa shape index (κ1) is 17.0. The molecule has 0 aliphatic carbocycles. The van der Waals surface area contributed by atoms with E-state index in [0.29, 0.717) is 5.02 Å². The number of hydrogen-bond donors (Lipinski definition) is 2. The number of carbonyl (C=O) groups excluding carboxylic acids is 2. The highest BCUT2D eigenvalue weighted by atomic mass is 35.5. The number of halogens is 1. The normalized spacial score (nSPS) is 10.9. The Kier molecular flexibility index (Phi) is 5.32. The molecule has 1 rings (SSSR count). The Labute approximate surface area is 127 Å². The molecular weight excluding hydrogens is 298 g/mol. The molecule has 0 aliphatic rings. The molecule has 2 N–H and O–H groups in total. The van der Waals surface area contributed by atoms with E-state index >= 15 is 0 Å². The van der Waals surface area contributed by atoms with Crippen LogP contribution in [0.3, 0.4) is 0 Å². The van der Waals surface area contributed by atoms with Crippen molar-refractivity contribution in [3.05, 3.63) is 28.8 Å². The second kappa shape index (κ2) is 6.58. The Bertz CT molecular complexity index is 583. The molecule has 21 heavy (non-hydrogen) atoms. The molecule has 0 aromatic heterocycles. The maximum Gasteiger partial charge on any atom is 0.339 e. The van der Waals surface area contributed by atoms with Crippen molar-refractivity contribution in [3.8, 4) is 0 Å². The van der Waals surface area contributed by atoms with Crippen LogP contribution >= 0.6 is 11.6 Å². The number of rotatable bonds is 5. The second-order valence-electron chi connectivity index (χ2n) is 5.10. The largest absolute Gasteiger partial charge is 0.481 e. The molecule has 1 aromatic rings. The fourth-order valence-corrected chi connectivity index (χ4v) is 1.75. The third-order valence-corrected chi connectivity index (χ3v) is 3.08. The number of carbonyl (C=O) groups is 3. The van der Waals surface area contributed by atoms with E-state index in [9.17, 15) is 14.4 Å². The van der Waals surface area contributed by atoms with E-state index in [1.54, 1.807) is 0 Å². The molecule has 0 aliphatic heterocycles. The Morgan fingerprint density at radius 1 is 1.33 bits per heavy atom. The summed E-state index contributed by atoms with van der Waals surface area (Å²) in [6.45, 7) is 2.88. The van der Waals surface area contributed by atoms with E-state index in [2.05, 4.69) is 10.1 Å². The van der Waals surface area contributed by atoms with Crippen LogP contribution in [-0.4, -0.2) is 30.1 Å². The molecule has 0 bridgehead atoms. The zero-order chi connectivity index (χ0) is 16.2. The van der Waals surface area contributed by atoms with Crippen LogP contribution in [-0.2, 0) is 14.3 Å². The number of esters is 1. The van der Waals surface area contributed by atoms with Gasteiger partial charge in [-0.3, -0.25) is 9.59 Å². The van der Waals surface area contributed by atoms with Gasteiger partial charge in [-0.1, -0.05) is 11.6 Å². The molecule has 1 aromatic carbocycles. The SMILES string of the molecule is COC(=O)c1ccc(Cl)cc1NC(=O)CC(C)(C)C(=O)O. The summed E-state index contributed by atoms with van der Waals surface area (Å²) in [6, 6.07) is 4.32. The fraction of sp³-hybridized carbons (Fsp3) is 0.357. The van der Waals surface area contributed by atoms with Gasteiger partial charge in [-0.15, -0.1) is 0 Å². The third-order valence-electron chi connectivity index (χ3n) is 2.84. The number of amides is 1. The van der Waals surface area contributed by atoms with Crippen LogP contribution in [0.1, 0.15) is 30.6 Å². The van der Waals surface area contributed by atoms with E-state index in [4.69, 9.17) is 16.7 Å². The molecule has 0 radical (unpaired) electrons. The Hall–Kier alpha value is -2.08. The van der Waals surface area contributed by atoms with Gasteiger partial charge in [0.15, 0.2) is 0 Å². The number of benzene rings is 1. The predicted molar refractivity (Wildman–Crippen MR) is 77.5 cm³/mol. The molecular formula is C14H16ClNO5. The van der Waals surface area contributed by atoms with Crippen molar-refractivity contribution >= 4 is 35.1 Å². The van der Waals surface area contributed by atoms with Crippen molar-refractivity contribution in [2.75, 3.05) is 12.4 Å². The maximum absolute atomic E-state index is 11.9. The zero-order valence-electron chi connectivity index (χ0n) is 11.9. The summed E-state index contributed by atoms with van der Waals surface area (Å²) < 4.78 is 4.61. The van der Waals surface area contributed by atoms with Gasteiger partial charge in [-0.25, -0.2) is 4.79 Å². The lowest BCUT2D eigenvalue weighted by Gasteiger charge is -2.18. The van der Waals surface area contributed by atoms with E-state index in [0.717, 1.165) is 0 Å². The smallest absolute Gasteiger partial charge is 0.339 e. The number of carboxylic acid groups (broad SMARTS) is 1. The number of anilines is 1. The van der Waals surface area contributed by atoms with Crippen LogP contribution in [0, 0.1) is 5.41 Å². The monoisotopic (exact) mass is 313 g/mol. The van der Waals surface area contributed by atoms with E-state index in [-0.39, 0.29) is 17.7 Å². The van der Waals surface area contributed by atoms with E-state index in [1.165, 1.54) is 39.2 Å². The van der Waals surface area contributed by atoms with Gasteiger partial charge in [-0.2, -0.15) is 0 Å². The van der Waals surface area contributed by atoms with Crippen LogP contribution in [0.5, 0.6) is 0 Å². The van der Waals surface area contributed by atoms with Gasteiger partial charge in [0.2, 0.25) is 5.91 Å². The molecule has 7 heteroatoms. The summed E-state index contributed by atoms with van der Waals surface area (Å²) >= 11 is 5.83. The van der Waals surface area contributed by atoms with Crippen molar-refractivity contribution in [1.29, 1.82) is 0 Å². The molecule has 0 fully saturated rings. The van der Waals surface area contributed by atoms with Crippen LogP contribution < -0.4 is 5.32 Å². The van der Waals surface area contributed by atoms with Gasteiger partial charge < -0.3 is 15.2 Å². The zero-order valence-corrected chi connectivity index (χ0v) is 12.7. The van der Waals surface area contributed by atoms with Gasteiger partial charge in [-0.05, 0) is 32.0 Å². The minimum absolute atomic E-state index is 0.142. The van der Waals surface area contributed by atoms with Crippen molar-refractivity contribution < 1.29 is 24.2 Å². The first-order valence-corrected chi connectivity index (χ1v) is 6.46. The van der Waals surface area contributed by atoms with Gasteiger partial charge in [0.05, 0.1) is 23.8 Å². The third kappa shape index (κ3) is 4.46. The number of hydrogen-bond acceptors (Lipinski definition) is 4. The van der Waals surface area contributed by atoms with Gasteiger partial charge >= 0.3 is 11.9 Å². The highest BCUT2D eigenvalue weighted by molar-refractivity contribution is 6.31. The minimum Gasteiger partial charge on any atom is -0.481 e. The first-order valence-electron chi connectivity index (χ1n) is 6.08. The minimum atomic E-state index is -1.21. The molecule has 114 valence electrons. The fourth-order valence-electron chi connectivity index (χ4n) is 1.58. The maximum atomic E-state index is 11.9. The van der Waals surface area contributed by atoms with Gasteiger partial charge in [0, 0.05) is 11.4 Å². The van der Waals surface area contributed by atoms with Crippen LogP contribution in [0.25, 0.3) is 0 Å². The Morgan fingerprint density at radius 3 is 2.48 bits per heavy atom. The van der Waals surface area contributed by atoms with Crippen molar-refractivity contribution in [3.63, 3.8) is 0 Å². The van der Waals surface area contributed by atoms with Crippen molar-refractivity contribution in [2.24, 2.45) is 5.41 Å². The summed E-state index contributed by atoms with van der Waals surface area (Å²) in [6.07, 6.45) is -0.241. The van der Waals surface area contributed by atoms with Crippen LogP contribution in [0.4, 0.5) is 5.69 Å². The molecule has 0 saturated heterocycles. The van der Waals surface area contributed by atoms with Gasteiger partial charge in [0.1, 0.15) is 0 Å². The number of nitrogens with one attached hydrogen (secondary N) is 1. The lowest BCUT2D eigenvalue weighted by atomic mass is 9.89. The average Bonchev–Trinajstić information content (AvgIpc) is 2.37. The summed E-state index contributed by atoms with van der Waals surface area (Å²) in [5.74, 6) is -2.24. The summed E-state index contributed by atoms with van der Waals surface area (Å²) in [5, 5.41) is 11.8. The topological polar surface area (TPSA) is 92.7 Å². The van der Waals surface area contributed by atoms with Gasteiger partial charge in [0.25, 0.3) is 0 Å². The van der Waals surface area contributed by atoms with Crippen LogP contribution in [0.2, 0.25) is 5.02 Å². The molecule has 0 unspecified atom stereocenters. The molecule has 1 amide bonds. The predicted octanol–water partition coefficient (Wildman–Crippen LogP) is 2.57. The lowest BCUT2D eigenvalue weighted by Crippen LogP contribution is -2.30. The standard InChI is InChI=1S/C14H16ClNO5/c1-14(2,13(19)20)7-11(17)16-10-6-8(15)4-5-9(10)12(18)21-3/h4-6H,7H2,1-3H3,(H,16,17)(H,19,20). The number of aliphatic carboxylic acids is 1. The van der Waals surface area contributed by atoms with Crippen LogP contribution in [0.15, 0.2) is 18.2 Å². The summed E-state index contributed by atoms with van der Waals surface area (Å²) in [5.41, 5.74) is -0.891. The van der Waals surface area contributed by atoms with E-state index in [1.807, 2.05) is 0 Å². The Balaban J connectivity index is 2.97. The lowest BCUT2D eigenvalue weighted by molar-refractivity contribution is -0.148. The van der Waals surface area contributed by atoms with Crippen molar-refractivity contribution in [1.82, 2.24) is 0 Å². The molecule has 0 atom stereocenters. The number of ether oxygens (including phenoxy) is 1. The molecule has 0 heterocycles. The molecule has 6 nitrogen and oxygen atoms in total. The summed E-state index contributed by atoms with van der Waals surface area (Å²) in [4.78, 5) is 34.6. The highest BCUT2D eigenvalue weighted by Crippen LogP contribution is 2.25. The number of methoxy groups -OCH3 is 1. The highest BCUT2D eigenvalue weighted by Gasteiger charge is 2.30. The molecule has 0 saturated carbocycles. The molecule has 0 spiro atoms. The first-order chi connectivity index (χ1) is 9.67. The number of carboxylic acids is 1. The van der Waals surface area contributed by atoms with E-state index < -0.39 is 23.3 Å². The quantitative estimate of drug-likeness (QED) is 0.815. The van der Waals surface area contributed by atoms with Crippen molar-refractivity contribution in [2.45, 2.75) is 20.3 Å². The summed E-state index contributed by atoms with van der Waals surface area (Å²) in [7, 11) is 1.22. The average molecular weight is 314 g/mol. The second-order valence-corrected chi connectivity index (χ2v) is 5.53.